The van der Waals surface area contributed by atoms with Crippen LogP contribution in [0.2, 0.25) is 0 Å². The molecule has 0 bridgehead atoms. The highest BCUT2D eigenvalue weighted by Crippen LogP contribution is 2.21. The van der Waals surface area contributed by atoms with E-state index >= 15 is 0 Å². The zero-order valence-electron chi connectivity index (χ0n) is 12.8. The summed E-state index contributed by atoms with van der Waals surface area (Å²) >= 11 is 0. The van der Waals surface area contributed by atoms with Crippen molar-refractivity contribution in [1.29, 1.82) is 0 Å². The number of nitrogens with zero attached hydrogens (tertiary/aromatic N) is 1. The number of likely N-dealkylation sites (tertiary alicyclic amines) is 1. The smallest absolute Gasteiger partial charge is 0.222 e. The highest BCUT2D eigenvalue weighted by atomic mass is 16.2. The van der Waals surface area contributed by atoms with Crippen LogP contribution in [0.3, 0.4) is 0 Å². The van der Waals surface area contributed by atoms with Gasteiger partial charge in [-0.2, -0.15) is 0 Å². The molecule has 0 aliphatic carbocycles. The first-order chi connectivity index (χ1) is 10.3. The predicted octanol–water partition coefficient (Wildman–Crippen LogP) is 2.78. The molecule has 114 valence electrons. The van der Waals surface area contributed by atoms with Crippen molar-refractivity contribution in [3.05, 3.63) is 48.6 Å². The molecule has 1 aromatic rings. The maximum Gasteiger partial charge on any atom is 0.222 e. The summed E-state index contributed by atoms with van der Waals surface area (Å²) in [6.07, 6.45) is 6.75. The van der Waals surface area contributed by atoms with Crippen molar-refractivity contribution in [1.82, 2.24) is 10.2 Å². The Morgan fingerprint density at radius 2 is 2.14 bits per heavy atom. The number of rotatable bonds is 9. The standard InChI is InChI=1S/C18H26N2O/c1-2-13-19-14-12-17-10-11-18(21)20(17)15-6-9-16-7-4-3-5-8-16/h2-5,7-8,17,19H,1,6,9-15H2/t17-/m0/s1. The first-order valence-corrected chi connectivity index (χ1v) is 7.96. The van der Waals surface area contributed by atoms with Gasteiger partial charge in [-0.05, 0) is 37.8 Å². The van der Waals surface area contributed by atoms with Gasteiger partial charge < -0.3 is 10.2 Å². The van der Waals surface area contributed by atoms with E-state index in [2.05, 4.69) is 41.1 Å². The molecule has 21 heavy (non-hydrogen) atoms. The van der Waals surface area contributed by atoms with E-state index in [4.69, 9.17) is 0 Å². The SMILES string of the molecule is C=CCNCC[C@@H]1CCC(=O)N1CCCc1ccccc1. The summed E-state index contributed by atoms with van der Waals surface area (Å²) in [4.78, 5) is 14.1. The van der Waals surface area contributed by atoms with Crippen molar-refractivity contribution in [2.24, 2.45) is 0 Å². The summed E-state index contributed by atoms with van der Waals surface area (Å²) in [5.41, 5.74) is 1.35. The molecule has 3 heteroatoms. The molecule has 0 radical (unpaired) electrons. The van der Waals surface area contributed by atoms with E-state index in [1.54, 1.807) is 0 Å². The van der Waals surface area contributed by atoms with E-state index in [9.17, 15) is 4.79 Å². The van der Waals surface area contributed by atoms with Crippen LogP contribution in [0, 0.1) is 0 Å². The molecule has 1 aliphatic heterocycles. The van der Waals surface area contributed by atoms with Crippen molar-refractivity contribution in [2.75, 3.05) is 19.6 Å². The fourth-order valence-corrected chi connectivity index (χ4v) is 2.97. The highest BCUT2D eigenvalue weighted by molar-refractivity contribution is 5.78. The van der Waals surface area contributed by atoms with Gasteiger partial charge in [-0.1, -0.05) is 36.4 Å². The number of nitrogens with one attached hydrogen (secondary N) is 1. The van der Waals surface area contributed by atoms with Gasteiger partial charge in [0.1, 0.15) is 0 Å². The minimum atomic E-state index is 0.330. The minimum Gasteiger partial charge on any atom is -0.340 e. The molecular formula is C18H26N2O. The number of aryl methyl sites for hydroxylation is 1. The van der Waals surface area contributed by atoms with E-state index < -0.39 is 0 Å². The van der Waals surface area contributed by atoms with Gasteiger partial charge in [-0.25, -0.2) is 0 Å². The molecule has 0 aromatic heterocycles. The molecular weight excluding hydrogens is 260 g/mol. The average Bonchev–Trinajstić information content (AvgIpc) is 2.86. The van der Waals surface area contributed by atoms with Gasteiger partial charge in [0.05, 0.1) is 0 Å². The maximum absolute atomic E-state index is 12.0. The van der Waals surface area contributed by atoms with Gasteiger partial charge in [-0.15, -0.1) is 6.58 Å². The second-order valence-electron chi connectivity index (χ2n) is 5.65. The van der Waals surface area contributed by atoms with Crippen LogP contribution < -0.4 is 5.32 Å². The van der Waals surface area contributed by atoms with Gasteiger partial charge in [-0.3, -0.25) is 4.79 Å². The average molecular weight is 286 g/mol. The number of amides is 1. The van der Waals surface area contributed by atoms with Crippen LogP contribution in [0.1, 0.15) is 31.2 Å². The van der Waals surface area contributed by atoms with Crippen LogP contribution in [-0.2, 0) is 11.2 Å². The zero-order valence-corrected chi connectivity index (χ0v) is 12.8. The molecule has 0 spiro atoms. The topological polar surface area (TPSA) is 32.3 Å². The van der Waals surface area contributed by atoms with E-state index in [0.29, 0.717) is 11.9 Å². The van der Waals surface area contributed by atoms with E-state index in [0.717, 1.165) is 51.7 Å². The predicted molar refractivity (Wildman–Crippen MR) is 87.2 cm³/mol. The Morgan fingerprint density at radius 1 is 1.33 bits per heavy atom. The molecule has 1 atom stereocenters. The Labute approximate surface area is 128 Å². The van der Waals surface area contributed by atoms with Crippen molar-refractivity contribution in [2.45, 2.75) is 38.1 Å². The quantitative estimate of drug-likeness (QED) is 0.559. The fraction of sp³-hybridized carbons (Fsp3) is 0.500. The summed E-state index contributed by atoms with van der Waals surface area (Å²) < 4.78 is 0. The van der Waals surface area contributed by atoms with Gasteiger partial charge >= 0.3 is 0 Å². The first-order valence-electron chi connectivity index (χ1n) is 7.96. The first kappa shape index (κ1) is 15.8. The Bertz CT molecular complexity index is 444. The number of benzene rings is 1. The molecule has 0 saturated carbocycles. The van der Waals surface area contributed by atoms with Gasteiger partial charge in [0.2, 0.25) is 5.91 Å². The van der Waals surface area contributed by atoms with E-state index in [-0.39, 0.29) is 0 Å². The van der Waals surface area contributed by atoms with Crippen molar-refractivity contribution >= 4 is 5.91 Å². The molecule has 1 aromatic carbocycles. The lowest BCUT2D eigenvalue weighted by Crippen LogP contribution is -2.36. The van der Waals surface area contributed by atoms with Crippen molar-refractivity contribution in [3.8, 4) is 0 Å². The molecule has 3 nitrogen and oxygen atoms in total. The van der Waals surface area contributed by atoms with Crippen molar-refractivity contribution in [3.63, 3.8) is 0 Å². The normalized spacial score (nSPS) is 18.2. The van der Waals surface area contributed by atoms with Crippen LogP contribution in [0.15, 0.2) is 43.0 Å². The minimum absolute atomic E-state index is 0.330. The van der Waals surface area contributed by atoms with Gasteiger partial charge in [0, 0.05) is 25.6 Å². The van der Waals surface area contributed by atoms with Crippen molar-refractivity contribution < 1.29 is 4.79 Å². The largest absolute Gasteiger partial charge is 0.340 e. The molecule has 0 unspecified atom stereocenters. The monoisotopic (exact) mass is 286 g/mol. The molecule has 1 fully saturated rings. The zero-order chi connectivity index (χ0) is 14.9. The highest BCUT2D eigenvalue weighted by Gasteiger charge is 2.29. The van der Waals surface area contributed by atoms with Crippen LogP contribution in [0.4, 0.5) is 0 Å². The van der Waals surface area contributed by atoms with Gasteiger partial charge in [0.25, 0.3) is 0 Å². The number of carbonyl (C=O) groups excluding carboxylic acids is 1. The van der Waals surface area contributed by atoms with Crippen LogP contribution in [-0.4, -0.2) is 36.5 Å². The summed E-state index contributed by atoms with van der Waals surface area (Å²) in [5.74, 6) is 0.330. The lowest BCUT2D eigenvalue weighted by molar-refractivity contribution is -0.129. The lowest BCUT2D eigenvalue weighted by atomic mass is 10.1. The molecule has 1 saturated heterocycles. The molecule has 2 rings (SSSR count). The molecule has 1 amide bonds. The van der Waals surface area contributed by atoms with Crippen LogP contribution in [0.5, 0.6) is 0 Å². The molecule has 1 N–H and O–H groups in total. The summed E-state index contributed by atoms with van der Waals surface area (Å²) in [6.45, 7) is 6.39. The summed E-state index contributed by atoms with van der Waals surface area (Å²) in [7, 11) is 0. The molecule has 1 heterocycles. The third-order valence-corrected chi connectivity index (χ3v) is 4.10. The van der Waals surface area contributed by atoms with Crippen LogP contribution >= 0.6 is 0 Å². The number of hydrogen-bond acceptors (Lipinski definition) is 2. The Hall–Kier alpha value is -1.61. The third-order valence-electron chi connectivity index (χ3n) is 4.10. The Kier molecular flexibility index (Phi) is 6.48. The van der Waals surface area contributed by atoms with Gasteiger partial charge in [0.15, 0.2) is 0 Å². The number of hydrogen-bond donors (Lipinski definition) is 1. The molecule has 1 aliphatic rings. The Morgan fingerprint density at radius 3 is 2.90 bits per heavy atom. The fourth-order valence-electron chi connectivity index (χ4n) is 2.97. The lowest BCUT2D eigenvalue weighted by Gasteiger charge is -2.25. The van der Waals surface area contributed by atoms with E-state index in [1.807, 2.05) is 12.1 Å². The Balaban J connectivity index is 1.73. The van der Waals surface area contributed by atoms with E-state index in [1.165, 1.54) is 5.56 Å². The summed E-state index contributed by atoms with van der Waals surface area (Å²) in [5, 5.41) is 3.32. The number of carbonyl (C=O) groups is 1. The van der Waals surface area contributed by atoms with Crippen LogP contribution in [0.25, 0.3) is 0 Å². The second-order valence-corrected chi connectivity index (χ2v) is 5.65. The third kappa shape index (κ3) is 5.01. The maximum atomic E-state index is 12.0. The second kappa shape index (κ2) is 8.63. The summed E-state index contributed by atoms with van der Waals surface area (Å²) in [6, 6.07) is 10.9.